The molecule has 0 fully saturated rings. The molecule has 1 N–H and O–H groups in total. The van der Waals surface area contributed by atoms with Crippen LogP contribution in [0.4, 0.5) is 10.1 Å². The minimum Gasteiger partial charge on any atom is -0.497 e. The molecule has 6 nitrogen and oxygen atoms in total. The van der Waals surface area contributed by atoms with Crippen LogP contribution < -0.4 is 10.1 Å². The van der Waals surface area contributed by atoms with Crippen LogP contribution in [0.25, 0.3) is 11.3 Å². The fourth-order valence-electron chi connectivity index (χ4n) is 4.14. The first kappa shape index (κ1) is 22.4. The van der Waals surface area contributed by atoms with Gasteiger partial charge < -0.3 is 19.4 Å². The highest BCUT2D eigenvalue weighted by atomic mass is 19.1. The summed E-state index contributed by atoms with van der Waals surface area (Å²) < 4.78 is 24.5. The molecule has 0 aliphatic carbocycles. The van der Waals surface area contributed by atoms with Crippen LogP contribution in [0.5, 0.6) is 5.75 Å². The minimum absolute atomic E-state index is 0.138. The van der Waals surface area contributed by atoms with Crippen molar-refractivity contribution in [2.24, 2.45) is 0 Å². The van der Waals surface area contributed by atoms with E-state index in [2.05, 4.69) is 5.32 Å². The van der Waals surface area contributed by atoms with E-state index in [1.165, 1.54) is 24.3 Å². The van der Waals surface area contributed by atoms with Gasteiger partial charge in [-0.1, -0.05) is 18.2 Å². The Kier molecular flexibility index (Phi) is 6.06. The quantitative estimate of drug-likeness (QED) is 0.415. The van der Waals surface area contributed by atoms with Crippen LogP contribution in [-0.4, -0.2) is 30.4 Å². The summed E-state index contributed by atoms with van der Waals surface area (Å²) in [5.74, 6) is 1.37. The number of nitrogens with zero attached hydrogens (tertiary/aromatic N) is 1. The van der Waals surface area contributed by atoms with E-state index >= 15 is 0 Å². The van der Waals surface area contributed by atoms with Crippen molar-refractivity contribution in [2.75, 3.05) is 19.0 Å². The number of hydrogen-bond donors (Lipinski definition) is 1. The number of methoxy groups -OCH3 is 1. The van der Waals surface area contributed by atoms with Crippen LogP contribution in [0.3, 0.4) is 0 Å². The van der Waals surface area contributed by atoms with Crippen molar-refractivity contribution >= 4 is 17.5 Å². The Labute approximate surface area is 201 Å². The highest BCUT2D eigenvalue weighted by Gasteiger charge is 2.25. The second-order valence-electron chi connectivity index (χ2n) is 8.31. The molecular formula is C28H23FN2O4. The standard InChI is InChI=1S/C28H23FN2O4/c1-34-24-7-3-5-20(15-24)27(32)30-23-6-2-4-19(14-23)26-16-21-17-31(13-12-25(21)35-26)28(33)18-8-10-22(29)11-9-18/h2-11,14-16H,12-13,17H2,1H3,(H,30,32). The predicted molar refractivity (Wildman–Crippen MR) is 130 cm³/mol. The largest absolute Gasteiger partial charge is 0.497 e. The number of carbonyl (C=O) groups is 2. The number of hydrogen-bond acceptors (Lipinski definition) is 4. The van der Waals surface area contributed by atoms with Gasteiger partial charge in [-0.15, -0.1) is 0 Å². The van der Waals surface area contributed by atoms with E-state index in [1.54, 1.807) is 36.3 Å². The summed E-state index contributed by atoms with van der Waals surface area (Å²) in [5.41, 5.74) is 3.34. The van der Waals surface area contributed by atoms with Gasteiger partial charge in [0.2, 0.25) is 0 Å². The van der Waals surface area contributed by atoms with Gasteiger partial charge in [-0.3, -0.25) is 9.59 Å². The molecule has 1 aliphatic heterocycles. The molecule has 0 atom stereocenters. The molecule has 2 amide bonds. The molecule has 0 radical (unpaired) electrons. The van der Waals surface area contributed by atoms with Crippen LogP contribution in [-0.2, 0) is 13.0 Å². The Morgan fingerprint density at radius 3 is 2.57 bits per heavy atom. The zero-order valence-electron chi connectivity index (χ0n) is 19.1. The van der Waals surface area contributed by atoms with Crippen molar-refractivity contribution in [1.82, 2.24) is 4.90 Å². The first-order valence-electron chi connectivity index (χ1n) is 11.2. The molecular weight excluding hydrogens is 447 g/mol. The molecule has 0 saturated carbocycles. The number of halogens is 1. The number of fused-ring (bicyclic) bond motifs is 1. The van der Waals surface area contributed by atoms with Gasteiger partial charge in [0.05, 0.1) is 7.11 Å². The Balaban J connectivity index is 1.31. The Hall–Kier alpha value is -4.39. The fourth-order valence-corrected chi connectivity index (χ4v) is 4.14. The molecule has 2 heterocycles. The van der Waals surface area contributed by atoms with Crippen LogP contribution in [0.15, 0.2) is 83.3 Å². The molecule has 176 valence electrons. The highest BCUT2D eigenvalue weighted by Crippen LogP contribution is 2.31. The number of carbonyl (C=O) groups excluding carboxylic acids is 2. The van der Waals surface area contributed by atoms with Crippen molar-refractivity contribution in [3.63, 3.8) is 0 Å². The summed E-state index contributed by atoms with van der Waals surface area (Å²) in [4.78, 5) is 27.2. The lowest BCUT2D eigenvalue weighted by Crippen LogP contribution is -2.35. The first-order valence-corrected chi connectivity index (χ1v) is 11.2. The third-order valence-electron chi connectivity index (χ3n) is 5.98. The lowest BCUT2D eigenvalue weighted by atomic mass is 10.1. The summed E-state index contributed by atoms with van der Waals surface area (Å²) >= 11 is 0. The van der Waals surface area contributed by atoms with Crippen molar-refractivity contribution in [3.8, 4) is 17.1 Å². The predicted octanol–water partition coefficient (Wildman–Crippen LogP) is 5.55. The van der Waals surface area contributed by atoms with Gasteiger partial charge in [-0.2, -0.15) is 0 Å². The van der Waals surface area contributed by atoms with Gasteiger partial charge in [0.15, 0.2) is 0 Å². The van der Waals surface area contributed by atoms with Gasteiger partial charge in [0, 0.05) is 47.5 Å². The number of rotatable bonds is 5. The minimum atomic E-state index is -0.371. The van der Waals surface area contributed by atoms with E-state index in [0.717, 1.165) is 16.9 Å². The summed E-state index contributed by atoms with van der Waals surface area (Å²) in [6.45, 7) is 0.939. The van der Waals surface area contributed by atoms with Gasteiger partial charge in [-0.05, 0) is 60.7 Å². The molecule has 4 aromatic rings. The molecule has 1 aromatic heterocycles. The monoisotopic (exact) mass is 470 g/mol. The maximum atomic E-state index is 13.2. The zero-order chi connectivity index (χ0) is 24.4. The van der Waals surface area contributed by atoms with Crippen molar-refractivity contribution in [3.05, 3.63) is 107 Å². The van der Waals surface area contributed by atoms with Gasteiger partial charge in [0.25, 0.3) is 11.8 Å². The molecule has 0 saturated heterocycles. The smallest absolute Gasteiger partial charge is 0.255 e. The Bertz CT molecular complexity index is 1390. The lowest BCUT2D eigenvalue weighted by Gasteiger charge is -2.26. The van der Waals surface area contributed by atoms with Crippen molar-refractivity contribution in [1.29, 1.82) is 0 Å². The molecule has 7 heteroatoms. The summed E-state index contributed by atoms with van der Waals surface area (Å²) in [5, 5.41) is 2.91. The Morgan fingerprint density at radius 2 is 1.77 bits per heavy atom. The third-order valence-corrected chi connectivity index (χ3v) is 5.98. The molecule has 3 aromatic carbocycles. The lowest BCUT2D eigenvalue weighted by molar-refractivity contribution is 0.0729. The van der Waals surface area contributed by atoms with E-state index in [1.807, 2.05) is 30.3 Å². The van der Waals surface area contributed by atoms with Gasteiger partial charge in [-0.25, -0.2) is 4.39 Å². The third kappa shape index (κ3) is 4.80. The molecule has 35 heavy (non-hydrogen) atoms. The summed E-state index contributed by atoms with van der Waals surface area (Å²) in [6.07, 6.45) is 0.592. The van der Waals surface area contributed by atoms with Gasteiger partial charge >= 0.3 is 0 Å². The summed E-state index contributed by atoms with van der Waals surface area (Å²) in [7, 11) is 1.56. The average molecular weight is 471 g/mol. The fraction of sp³-hybridized carbons (Fsp3) is 0.143. The van der Waals surface area contributed by atoms with E-state index < -0.39 is 0 Å². The highest BCUT2D eigenvalue weighted by molar-refractivity contribution is 6.04. The zero-order valence-corrected chi connectivity index (χ0v) is 19.1. The van der Waals surface area contributed by atoms with Gasteiger partial charge in [0.1, 0.15) is 23.1 Å². The Morgan fingerprint density at radius 1 is 0.971 bits per heavy atom. The van der Waals surface area contributed by atoms with Crippen molar-refractivity contribution < 1.29 is 23.1 Å². The normalized spacial score (nSPS) is 12.7. The number of furan rings is 1. The average Bonchev–Trinajstić information content (AvgIpc) is 3.32. The number of benzene rings is 3. The number of ether oxygens (including phenoxy) is 1. The first-order chi connectivity index (χ1) is 17.0. The summed E-state index contributed by atoms with van der Waals surface area (Å²) in [6, 6.07) is 21.9. The van der Waals surface area contributed by atoms with Crippen LogP contribution >= 0.6 is 0 Å². The van der Waals surface area contributed by atoms with Crippen LogP contribution in [0.2, 0.25) is 0 Å². The maximum absolute atomic E-state index is 13.2. The SMILES string of the molecule is COc1cccc(C(=O)Nc2cccc(-c3cc4c(o3)CCN(C(=O)c3ccc(F)cc3)C4)c2)c1. The number of nitrogens with one attached hydrogen (secondary N) is 1. The molecule has 0 spiro atoms. The number of anilines is 1. The second kappa shape index (κ2) is 9.46. The van der Waals surface area contributed by atoms with E-state index in [-0.39, 0.29) is 17.6 Å². The van der Waals surface area contributed by atoms with Crippen LogP contribution in [0.1, 0.15) is 32.0 Å². The molecule has 0 bridgehead atoms. The molecule has 1 aliphatic rings. The molecule has 5 rings (SSSR count). The topological polar surface area (TPSA) is 71.8 Å². The van der Waals surface area contributed by atoms with E-state index in [9.17, 15) is 14.0 Å². The van der Waals surface area contributed by atoms with E-state index in [0.29, 0.717) is 47.8 Å². The second-order valence-corrected chi connectivity index (χ2v) is 8.31. The van der Waals surface area contributed by atoms with Crippen LogP contribution in [0, 0.1) is 5.82 Å². The maximum Gasteiger partial charge on any atom is 0.255 e. The number of amides is 2. The van der Waals surface area contributed by atoms with Crippen molar-refractivity contribution in [2.45, 2.75) is 13.0 Å². The molecule has 0 unspecified atom stereocenters. The van der Waals surface area contributed by atoms with E-state index in [4.69, 9.17) is 9.15 Å².